The summed E-state index contributed by atoms with van der Waals surface area (Å²) in [7, 11) is 0. The van der Waals surface area contributed by atoms with Crippen LogP contribution in [0.1, 0.15) is 24.0 Å². The Morgan fingerprint density at radius 3 is 2.70 bits per heavy atom. The fraction of sp³-hybridized carbons (Fsp3) is 0.357. The number of anilines is 1. The van der Waals surface area contributed by atoms with Crippen LogP contribution in [0.2, 0.25) is 0 Å². The molecule has 2 N–H and O–H groups in total. The van der Waals surface area contributed by atoms with E-state index >= 15 is 0 Å². The first-order valence-corrected chi connectivity index (χ1v) is 6.55. The molecule has 1 aliphatic heterocycles. The number of halogens is 3. The summed E-state index contributed by atoms with van der Waals surface area (Å²) in [5, 5.41) is 10.0. The van der Waals surface area contributed by atoms with Gasteiger partial charge in [0.2, 0.25) is 0 Å². The molecular weight excluding hydrogens is 267 g/mol. The van der Waals surface area contributed by atoms with Gasteiger partial charge in [0.25, 0.3) is 0 Å². The van der Waals surface area contributed by atoms with Gasteiger partial charge >= 0.3 is 6.18 Å². The van der Waals surface area contributed by atoms with Gasteiger partial charge in [0.1, 0.15) is 0 Å². The molecule has 1 aromatic carbocycles. The maximum absolute atomic E-state index is 13.1. The number of aromatic amines is 1. The minimum absolute atomic E-state index is 0.164. The van der Waals surface area contributed by atoms with Crippen LogP contribution in [-0.4, -0.2) is 16.7 Å². The Morgan fingerprint density at radius 2 is 1.90 bits per heavy atom. The van der Waals surface area contributed by atoms with Crippen LogP contribution < -0.4 is 5.32 Å². The van der Waals surface area contributed by atoms with Gasteiger partial charge in [-0.1, -0.05) is 18.2 Å². The second-order valence-corrected chi connectivity index (χ2v) is 4.85. The minimum atomic E-state index is -4.37. The number of fused-ring (bicyclic) bond motifs is 1. The molecule has 3 nitrogen and oxygen atoms in total. The van der Waals surface area contributed by atoms with E-state index in [1.165, 1.54) is 12.1 Å². The van der Waals surface area contributed by atoms with Crippen molar-refractivity contribution in [3.63, 3.8) is 0 Å². The van der Waals surface area contributed by atoms with Crippen molar-refractivity contribution < 1.29 is 13.2 Å². The number of aromatic nitrogens is 2. The lowest BCUT2D eigenvalue weighted by Crippen LogP contribution is -2.07. The molecule has 1 aliphatic rings. The molecule has 0 spiro atoms. The molecule has 0 radical (unpaired) electrons. The first-order valence-electron chi connectivity index (χ1n) is 6.55. The molecule has 2 heterocycles. The van der Waals surface area contributed by atoms with Gasteiger partial charge in [-0.2, -0.15) is 18.3 Å². The summed E-state index contributed by atoms with van der Waals surface area (Å²) in [4.78, 5) is 0. The summed E-state index contributed by atoms with van der Waals surface area (Å²) < 4.78 is 39.3. The SMILES string of the molecule is FC(F)(F)c1ccccc1-c1[nH]nc2c1CCCCN2. The van der Waals surface area contributed by atoms with Gasteiger partial charge in [-0.05, 0) is 25.3 Å². The molecule has 1 aromatic heterocycles. The summed E-state index contributed by atoms with van der Waals surface area (Å²) >= 11 is 0. The normalized spacial score (nSPS) is 15.3. The van der Waals surface area contributed by atoms with Gasteiger partial charge in [-0.25, -0.2) is 0 Å². The summed E-state index contributed by atoms with van der Waals surface area (Å²) in [5.41, 5.74) is 0.856. The number of rotatable bonds is 1. The van der Waals surface area contributed by atoms with Crippen molar-refractivity contribution in [2.75, 3.05) is 11.9 Å². The van der Waals surface area contributed by atoms with Crippen LogP contribution in [0.3, 0.4) is 0 Å². The smallest absolute Gasteiger partial charge is 0.368 e. The molecule has 106 valence electrons. The predicted octanol–water partition coefficient (Wildman–Crippen LogP) is 3.84. The zero-order valence-electron chi connectivity index (χ0n) is 10.7. The number of alkyl halides is 3. The largest absolute Gasteiger partial charge is 0.417 e. The molecule has 2 aromatic rings. The number of benzene rings is 1. The maximum Gasteiger partial charge on any atom is 0.417 e. The van der Waals surface area contributed by atoms with Crippen molar-refractivity contribution in [3.05, 3.63) is 35.4 Å². The topological polar surface area (TPSA) is 40.7 Å². The van der Waals surface area contributed by atoms with Crippen LogP contribution in [0, 0.1) is 0 Å². The molecule has 6 heteroatoms. The van der Waals surface area contributed by atoms with Crippen LogP contribution in [-0.2, 0) is 12.6 Å². The van der Waals surface area contributed by atoms with Crippen molar-refractivity contribution in [2.45, 2.75) is 25.4 Å². The lowest BCUT2D eigenvalue weighted by atomic mass is 9.99. The van der Waals surface area contributed by atoms with Crippen LogP contribution in [0.5, 0.6) is 0 Å². The van der Waals surface area contributed by atoms with Crippen molar-refractivity contribution in [1.82, 2.24) is 10.2 Å². The van der Waals surface area contributed by atoms with E-state index in [-0.39, 0.29) is 5.56 Å². The van der Waals surface area contributed by atoms with Crippen molar-refractivity contribution >= 4 is 5.82 Å². The summed E-state index contributed by atoms with van der Waals surface area (Å²) in [6.07, 6.45) is -1.69. The average Bonchev–Trinajstić information content (AvgIpc) is 2.66. The molecular formula is C14H14F3N3. The van der Waals surface area contributed by atoms with Gasteiger partial charge in [-0.3, -0.25) is 5.10 Å². The quantitative estimate of drug-likeness (QED) is 0.833. The van der Waals surface area contributed by atoms with E-state index in [0.717, 1.165) is 37.4 Å². The van der Waals surface area contributed by atoms with Crippen LogP contribution in [0.25, 0.3) is 11.3 Å². The zero-order chi connectivity index (χ0) is 14.2. The maximum atomic E-state index is 13.1. The first kappa shape index (κ1) is 13.0. The molecule has 0 saturated carbocycles. The standard InChI is InChI=1S/C14H14F3N3/c15-14(16,17)11-7-2-1-5-9(11)12-10-6-3-4-8-18-13(10)20-19-12/h1-2,5,7H,3-4,6,8H2,(H2,18,19,20). The number of nitrogens with zero attached hydrogens (tertiary/aromatic N) is 1. The zero-order valence-corrected chi connectivity index (χ0v) is 10.7. The molecule has 0 saturated heterocycles. The van der Waals surface area contributed by atoms with Crippen LogP contribution >= 0.6 is 0 Å². The third kappa shape index (κ3) is 2.26. The molecule has 0 bridgehead atoms. The molecule has 0 unspecified atom stereocenters. The highest BCUT2D eigenvalue weighted by Crippen LogP contribution is 2.39. The van der Waals surface area contributed by atoms with E-state index in [9.17, 15) is 13.2 Å². The highest BCUT2D eigenvalue weighted by molar-refractivity contribution is 5.72. The number of hydrogen-bond donors (Lipinski definition) is 2. The molecule has 3 rings (SSSR count). The molecule has 20 heavy (non-hydrogen) atoms. The Labute approximate surface area is 114 Å². The molecule has 0 amide bonds. The Kier molecular flexibility index (Phi) is 3.16. The van der Waals surface area contributed by atoms with E-state index in [0.29, 0.717) is 11.5 Å². The third-order valence-corrected chi connectivity index (χ3v) is 3.51. The van der Waals surface area contributed by atoms with Gasteiger partial charge < -0.3 is 5.32 Å². The lowest BCUT2D eigenvalue weighted by molar-refractivity contribution is -0.137. The number of nitrogens with one attached hydrogen (secondary N) is 2. The molecule has 0 aliphatic carbocycles. The van der Waals surface area contributed by atoms with Gasteiger partial charge in [0.05, 0.1) is 11.3 Å². The fourth-order valence-corrected chi connectivity index (χ4v) is 2.56. The average molecular weight is 281 g/mol. The fourth-order valence-electron chi connectivity index (χ4n) is 2.56. The Morgan fingerprint density at radius 1 is 1.10 bits per heavy atom. The first-order chi connectivity index (χ1) is 9.57. The number of hydrogen-bond acceptors (Lipinski definition) is 2. The minimum Gasteiger partial charge on any atom is -0.368 e. The molecule has 0 fully saturated rings. The Bertz CT molecular complexity index is 616. The van der Waals surface area contributed by atoms with Gasteiger partial charge in [-0.15, -0.1) is 0 Å². The highest BCUT2D eigenvalue weighted by atomic mass is 19.4. The summed E-state index contributed by atoms with van der Waals surface area (Å²) in [6.45, 7) is 0.804. The third-order valence-electron chi connectivity index (χ3n) is 3.51. The predicted molar refractivity (Wildman–Crippen MR) is 70.5 cm³/mol. The van der Waals surface area contributed by atoms with Crippen LogP contribution in [0.15, 0.2) is 24.3 Å². The highest BCUT2D eigenvalue weighted by Gasteiger charge is 2.34. The molecule has 0 atom stereocenters. The van der Waals surface area contributed by atoms with Gasteiger partial charge in [0.15, 0.2) is 5.82 Å². The summed E-state index contributed by atoms with van der Waals surface area (Å²) in [6, 6.07) is 5.61. The van der Waals surface area contributed by atoms with Crippen molar-refractivity contribution in [1.29, 1.82) is 0 Å². The van der Waals surface area contributed by atoms with E-state index in [4.69, 9.17) is 0 Å². The lowest BCUT2D eigenvalue weighted by Gasteiger charge is -2.12. The van der Waals surface area contributed by atoms with Crippen molar-refractivity contribution in [2.24, 2.45) is 0 Å². The van der Waals surface area contributed by atoms with Crippen molar-refractivity contribution in [3.8, 4) is 11.3 Å². The van der Waals surface area contributed by atoms with E-state index in [1.54, 1.807) is 6.07 Å². The van der Waals surface area contributed by atoms with Gasteiger partial charge in [0, 0.05) is 17.7 Å². The Balaban J connectivity index is 2.13. The van der Waals surface area contributed by atoms with Crippen LogP contribution in [0.4, 0.5) is 19.0 Å². The number of H-pyrrole nitrogens is 1. The van der Waals surface area contributed by atoms with E-state index in [1.807, 2.05) is 0 Å². The second kappa shape index (κ2) is 4.85. The van der Waals surface area contributed by atoms with E-state index in [2.05, 4.69) is 15.5 Å². The Hall–Kier alpha value is -1.98. The second-order valence-electron chi connectivity index (χ2n) is 4.85. The monoisotopic (exact) mass is 281 g/mol. The van der Waals surface area contributed by atoms with E-state index < -0.39 is 11.7 Å². The summed E-state index contributed by atoms with van der Waals surface area (Å²) in [5.74, 6) is 0.675.